The average Bonchev–Trinajstić information content (AvgIpc) is 3.55. The topological polar surface area (TPSA) is 80.9 Å². The molecule has 8 rings (SSSR count). The highest BCUT2D eigenvalue weighted by molar-refractivity contribution is 5.13. The molecule has 0 aromatic carbocycles. The van der Waals surface area contributed by atoms with Crippen LogP contribution in [0.5, 0.6) is 0 Å². The second-order valence-electron chi connectivity index (χ2n) is 22.6. The molecular weight excluding hydrogens is 604 g/mol. The van der Waals surface area contributed by atoms with Crippen LogP contribution < -0.4 is 0 Å². The maximum absolute atomic E-state index is 10.8. The minimum Gasteiger partial charge on any atom is -0.393 e. The molecule has 0 aromatic rings. The first-order valence-electron chi connectivity index (χ1n) is 21.5. The van der Waals surface area contributed by atoms with Gasteiger partial charge in [-0.25, -0.2) is 0 Å². The number of hydrogen-bond acceptors (Lipinski definition) is 4. The minimum atomic E-state index is -0.541. The Morgan fingerprint density at radius 2 is 0.898 bits per heavy atom. The van der Waals surface area contributed by atoms with Crippen molar-refractivity contribution in [3.8, 4) is 0 Å². The van der Waals surface area contributed by atoms with Crippen LogP contribution in [0.3, 0.4) is 0 Å². The van der Waals surface area contributed by atoms with E-state index in [0.29, 0.717) is 39.4 Å². The largest absolute Gasteiger partial charge is 0.393 e. The lowest BCUT2D eigenvalue weighted by Crippen LogP contribution is -2.56. The Morgan fingerprint density at radius 3 is 1.39 bits per heavy atom. The van der Waals surface area contributed by atoms with Gasteiger partial charge in [-0.2, -0.15) is 0 Å². The van der Waals surface area contributed by atoms with Gasteiger partial charge in [0.1, 0.15) is 0 Å². The van der Waals surface area contributed by atoms with Gasteiger partial charge in [0.25, 0.3) is 0 Å². The summed E-state index contributed by atoms with van der Waals surface area (Å²) in [6, 6.07) is 0. The van der Waals surface area contributed by atoms with E-state index in [-0.39, 0.29) is 6.10 Å². The number of aliphatic hydroxyl groups excluding tert-OH is 1. The molecule has 282 valence electrons. The van der Waals surface area contributed by atoms with E-state index in [1.54, 1.807) is 0 Å². The summed E-state index contributed by atoms with van der Waals surface area (Å²) in [5.41, 5.74) is 0.0854. The highest BCUT2D eigenvalue weighted by atomic mass is 16.3. The van der Waals surface area contributed by atoms with Crippen molar-refractivity contribution in [2.24, 2.45) is 80.8 Å². The smallest absolute Gasteiger partial charge is 0.0625 e. The van der Waals surface area contributed by atoms with Crippen LogP contribution in [-0.2, 0) is 0 Å². The van der Waals surface area contributed by atoms with Crippen LogP contribution in [0.4, 0.5) is 0 Å². The molecular formula is C45H78O4. The Kier molecular flexibility index (Phi) is 9.24. The van der Waals surface area contributed by atoms with Crippen LogP contribution in [0, 0.1) is 80.8 Å². The molecule has 0 bridgehead atoms. The Labute approximate surface area is 301 Å². The van der Waals surface area contributed by atoms with Crippen molar-refractivity contribution in [2.45, 2.75) is 201 Å². The zero-order chi connectivity index (χ0) is 35.6. The number of fused-ring (bicyclic) bond motifs is 10. The Hall–Kier alpha value is -0.160. The molecule has 8 saturated carbocycles. The monoisotopic (exact) mass is 683 g/mol. The predicted molar refractivity (Wildman–Crippen MR) is 200 cm³/mol. The molecule has 8 aliphatic rings. The summed E-state index contributed by atoms with van der Waals surface area (Å²) >= 11 is 0. The van der Waals surface area contributed by atoms with E-state index in [1.807, 2.05) is 27.7 Å². The lowest BCUT2D eigenvalue weighted by molar-refractivity contribution is -0.155. The molecule has 8 aliphatic carbocycles. The average molecular weight is 683 g/mol. The molecule has 4 N–H and O–H groups in total. The third-order valence-electron chi connectivity index (χ3n) is 19.3. The fraction of sp³-hybridized carbons (Fsp3) is 1.00. The molecule has 0 radical (unpaired) electrons. The summed E-state index contributed by atoms with van der Waals surface area (Å²) in [6.45, 7) is 20.3. The molecule has 0 spiro atoms. The van der Waals surface area contributed by atoms with E-state index in [1.165, 1.54) is 89.9 Å². The van der Waals surface area contributed by atoms with Crippen LogP contribution in [0.1, 0.15) is 178 Å². The highest BCUT2D eigenvalue weighted by Gasteiger charge is 2.64. The van der Waals surface area contributed by atoms with Gasteiger partial charge < -0.3 is 20.4 Å². The molecule has 16 atom stereocenters. The van der Waals surface area contributed by atoms with Crippen LogP contribution >= 0.6 is 0 Å². The van der Waals surface area contributed by atoms with Crippen molar-refractivity contribution in [1.29, 1.82) is 0 Å². The van der Waals surface area contributed by atoms with Gasteiger partial charge in [-0.05, 0) is 231 Å². The van der Waals surface area contributed by atoms with Crippen LogP contribution in [0.25, 0.3) is 0 Å². The molecule has 4 nitrogen and oxygen atoms in total. The predicted octanol–water partition coefficient (Wildman–Crippen LogP) is 9.94. The standard InChI is InChI=1S/C23H40O2.C22H38O2/c1-20(2,24)19-9-8-17-16-7-6-15-14-21(3,25)12-13-22(15,4)18(16)10-11-23(17,19)5;1-20(2,24)19-8-7-17-16-6-5-14-13-15(23)9-11-21(14,3)18(16)10-12-22(17,19)4/h15-19,24-25H,6-14H2,1-5H3;14-19,23-24H,5-13H2,1-4H3/t15-,16-,17-,18-,19+,21+,22-,23-;14-,15+,16-,17-,18-,19+,21-,22-/m00/s1. The molecule has 49 heavy (non-hydrogen) atoms. The van der Waals surface area contributed by atoms with Gasteiger partial charge in [-0.3, -0.25) is 0 Å². The van der Waals surface area contributed by atoms with Crippen molar-refractivity contribution in [3.63, 3.8) is 0 Å². The quantitative estimate of drug-likeness (QED) is 0.234. The first-order valence-corrected chi connectivity index (χ1v) is 21.5. The van der Waals surface area contributed by atoms with Gasteiger partial charge in [-0.1, -0.05) is 27.7 Å². The number of hydrogen-bond donors (Lipinski definition) is 4. The molecule has 0 aliphatic heterocycles. The van der Waals surface area contributed by atoms with E-state index in [2.05, 4.69) is 34.6 Å². The summed E-state index contributed by atoms with van der Waals surface area (Å²) in [5, 5.41) is 42.3. The fourth-order valence-electron chi connectivity index (χ4n) is 17.0. The first kappa shape index (κ1) is 37.2. The molecule has 0 amide bonds. The fourth-order valence-corrected chi connectivity index (χ4v) is 17.0. The van der Waals surface area contributed by atoms with Crippen molar-refractivity contribution >= 4 is 0 Å². The normalized spacial score (nSPS) is 55.4. The summed E-state index contributed by atoms with van der Waals surface area (Å²) < 4.78 is 0. The Balaban J connectivity index is 0.000000154. The lowest BCUT2D eigenvalue weighted by atomic mass is 9.43. The second-order valence-corrected chi connectivity index (χ2v) is 22.6. The molecule has 4 heteroatoms. The Bertz CT molecular complexity index is 1210. The van der Waals surface area contributed by atoms with E-state index in [0.717, 1.165) is 67.1 Å². The van der Waals surface area contributed by atoms with E-state index in [9.17, 15) is 20.4 Å². The summed E-state index contributed by atoms with van der Waals surface area (Å²) in [6.07, 6.45) is 22.2. The van der Waals surface area contributed by atoms with Gasteiger partial charge in [0, 0.05) is 0 Å². The first-order chi connectivity index (χ1) is 22.6. The number of aliphatic hydroxyl groups is 4. The zero-order valence-electron chi connectivity index (χ0n) is 33.4. The van der Waals surface area contributed by atoms with Crippen molar-refractivity contribution in [1.82, 2.24) is 0 Å². The lowest BCUT2D eigenvalue weighted by Gasteiger charge is -2.62. The van der Waals surface area contributed by atoms with E-state index in [4.69, 9.17) is 0 Å². The Morgan fingerprint density at radius 1 is 0.469 bits per heavy atom. The second kappa shape index (κ2) is 12.2. The van der Waals surface area contributed by atoms with Gasteiger partial charge in [0.05, 0.1) is 22.9 Å². The maximum atomic E-state index is 10.8. The molecule has 0 unspecified atom stereocenters. The third-order valence-corrected chi connectivity index (χ3v) is 19.3. The van der Waals surface area contributed by atoms with Crippen molar-refractivity contribution < 1.29 is 20.4 Å². The van der Waals surface area contributed by atoms with E-state index < -0.39 is 16.8 Å². The van der Waals surface area contributed by atoms with Crippen molar-refractivity contribution in [3.05, 3.63) is 0 Å². The summed E-state index contributed by atoms with van der Waals surface area (Å²) in [7, 11) is 0. The molecule has 8 fully saturated rings. The third kappa shape index (κ3) is 5.96. The zero-order valence-corrected chi connectivity index (χ0v) is 33.4. The van der Waals surface area contributed by atoms with Crippen molar-refractivity contribution in [2.75, 3.05) is 0 Å². The molecule has 0 saturated heterocycles. The van der Waals surface area contributed by atoms with Gasteiger partial charge in [-0.15, -0.1) is 0 Å². The van der Waals surface area contributed by atoms with Gasteiger partial charge in [0.2, 0.25) is 0 Å². The summed E-state index contributed by atoms with van der Waals surface area (Å²) in [4.78, 5) is 0. The number of rotatable bonds is 2. The highest BCUT2D eigenvalue weighted by Crippen LogP contribution is 2.70. The SMILES string of the molecule is CC(C)(O)[C@H]1CC[C@H]2[C@@H]3CC[C@H]4C[C@H](O)CC[C@]4(C)[C@H]3CC[C@]12C.CC(C)(O)[C@H]1CC[C@H]2[C@@H]3CC[C@H]4C[C@](C)(O)CC[C@]4(C)[C@H]3CC[C@]12C. The van der Waals surface area contributed by atoms with Crippen LogP contribution in [-0.4, -0.2) is 43.3 Å². The van der Waals surface area contributed by atoms with Crippen LogP contribution in [0.15, 0.2) is 0 Å². The van der Waals surface area contributed by atoms with Crippen LogP contribution in [0.2, 0.25) is 0 Å². The van der Waals surface area contributed by atoms with Gasteiger partial charge in [0.15, 0.2) is 0 Å². The minimum absolute atomic E-state index is 0.0421. The maximum Gasteiger partial charge on any atom is 0.0625 e. The molecule has 0 aromatic heterocycles. The summed E-state index contributed by atoms with van der Waals surface area (Å²) in [5.74, 6) is 7.46. The van der Waals surface area contributed by atoms with Gasteiger partial charge >= 0.3 is 0 Å². The molecule has 0 heterocycles. The van der Waals surface area contributed by atoms with E-state index >= 15 is 0 Å².